The molecule has 1 aliphatic rings. The molecular weight excluding hydrogens is 338 g/mol. The summed E-state index contributed by atoms with van der Waals surface area (Å²) in [5.41, 5.74) is 2.83. The van der Waals surface area contributed by atoms with Gasteiger partial charge in [-0.15, -0.1) is 0 Å². The highest BCUT2D eigenvalue weighted by Gasteiger charge is 2.27. The molecule has 0 unspecified atom stereocenters. The summed E-state index contributed by atoms with van der Waals surface area (Å²) in [7, 11) is 1.94. The molecule has 0 radical (unpaired) electrons. The average Bonchev–Trinajstić information content (AvgIpc) is 2.73. The number of benzene rings is 1. The molecule has 27 heavy (non-hydrogen) atoms. The van der Waals surface area contributed by atoms with Crippen molar-refractivity contribution in [2.45, 2.75) is 38.1 Å². The molecule has 1 fully saturated rings. The zero-order valence-electron chi connectivity index (χ0n) is 16.1. The fraction of sp³-hybridized carbons (Fsp3) is 0.455. The second kappa shape index (κ2) is 9.51. The minimum atomic E-state index is 0.114. The lowest BCUT2D eigenvalue weighted by Gasteiger charge is -2.36. The van der Waals surface area contributed by atoms with E-state index in [0.717, 1.165) is 49.2 Å². The molecule has 1 saturated heterocycles. The van der Waals surface area contributed by atoms with Crippen LogP contribution in [0.15, 0.2) is 48.7 Å². The third-order valence-electron chi connectivity index (χ3n) is 5.34. The van der Waals surface area contributed by atoms with Gasteiger partial charge in [0.1, 0.15) is 0 Å². The number of aryl methyl sites for hydroxylation is 1. The van der Waals surface area contributed by atoms with Gasteiger partial charge in [0.2, 0.25) is 0 Å². The lowest BCUT2D eigenvalue weighted by atomic mass is 9.96. The van der Waals surface area contributed by atoms with Crippen molar-refractivity contribution < 1.29 is 9.90 Å². The van der Waals surface area contributed by atoms with Gasteiger partial charge in [-0.3, -0.25) is 9.78 Å². The van der Waals surface area contributed by atoms with E-state index < -0.39 is 0 Å². The van der Waals surface area contributed by atoms with E-state index in [2.05, 4.69) is 16.0 Å². The molecule has 2 heterocycles. The normalized spacial score (nSPS) is 17.0. The van der Waals surface area contributed by atoms with Crippen molar-refractivity contribution in [2.75, 3.05) is 31.6 Å². The number of likely N-dealkylation sites (tertiary alicyclic amines) is 1. The van der Waals surface area contributed by atoms with Crippen LogP contribution in [0.1, 0.15) is 41.7 Å². The Labute approximate surface area is 161 Å². The molecule has 5 nitrogen and oxygen atoms in total. The number of rotatable bonds is 7. The highest BCUT2D eigenvalue weighted by Crippen LogP contribution is 2.24. The smallest absolute Gasteiger partial charge is 0.254 e. The van der Waals surface area contributed by atoms with Crippen LogP contribution in [0, 0.1) is 0 Å². The summed E-state index contributed by atoms with van der Waals surface area (Å²) >= 11 is 0. The minimum absolute atomic E-state index is 0.114. The van der Waals surface area contributed by atoms with Crippen molar-refractivity contribution >= 4 is 11.6 Å². The summed E-state index contributed by atoms with van der Waals surface area (Å²) in [5, 5.41) is 9.07. The Morgan fingerprint density at radius 3 is 2.74 bits per heavy atom. The van der Waals surface area contributed by atoms with Gasteiger partial charge >= 0.3 is 0 Å². The van der Waals surface area contributed by atoms with E-state index in [1.807, 2.05) is 54.5 Å². The van der Waals surface area contributed by atoms with Gasteiger partial charge in [-0.05, 0) is 68.5 Å². The number of hydrogen-bond acceptors (Lipinski definition) is 4. The molecule has 0 bridgehead atoms. The molecular formula is C22H29N3O2. The number of nitrogens with zero attached hydrogens (tertiary/aromatic N) is 3. The Kier molecular flexibility index (Phi) is 6.82. The first-order valence-corrected chi connectivity index (χ1v) is 9.82. The SMILES string of the molecule is CN(CCO)c1ccc(C(=O)N2CCCC[C@@H]2CCc2ccccn2)cc1. The fourth-order valence-corrected chi connectivity index (χ4v) is 3.73. The molecule has 2 aromatic rings. The maximum Gasteiger partial charge on any atom is 0.254 e. The maximum absolute atomic E-state index is 13.1. The number of amides is 1. The fourth-order valence-electron chi connectivity index (χ4n) is 3.73. The highest BCUT2D eigenvalue weighted by molar-refractivity contribution is 5.94. The number of aliphatic hydroxyl groups is 1. The summed E-state index contributed by atoms with van der Waals surface area (Å²) in [6.45, 7) is 1.52. The largest absolute Gasteiger partial charge is 0.395 e. The van der Waals surface area contributed by atoms with Crippen LogP contribution in [0.3, 0.4) is 0 Å². The number of anilines is 1. The molecule has 1 atom stereocenters. The predicted octanol–water partition coefficient (Wildman–Crippen LogP) is 3.14. The van der Waals surface area contributed by atoms with Crippen LogP contribution in [-0.4, -0.2) is 53.7 Å². The summed E-state index contributed by atoms with van der Waals surface area (Å²) in [4.78, 5) is 21.5. The van der Waals surface area contributed by atoms with Gasteiger partial charge in [-0.1, -0.05) is 6.07 Å². The molecule has 0 aliphatic carbocycles. The molecule has 0 spiro atoms. The molecule has 1 aliphatic heterocycles. The van der Waals surface area contributed by atoms with E-state index >= 15 is 0 Å². The van der Waals surface area contributed by atoms with Crippen molar-refractivity contribution in [3.05, 3.63) is 59.9 Å². The van der Waals surface area contributed by atoms with Crippen LogP contribution in [0.5, 0.6) is 0 Å². The van der Waals surface area contributed by atoms with E-state index in [0.29, 0.717) is 6.54 Å². The van der Waals surface area contributed by atoms with E-state index in [9.17, 15) is 4.79 Å². The van der Waals surface area contributed by atoms with E-state index in [1.54, 1.807) is 0 Å². The van der Waals surface area contributed by atoms with Crippen molar-refractivity contribution in [1.82, 2.24) is 9.88 Å². The lowest BCUT2D eigenvalue weighted by molar-refractivity contribution is 0.0601. The molecule has 0 saturated carbocycles. The monoisotopic (exact) mass is 367 g/mol. The Morgan fingerprint density at radius 1 is 1.22 bits per heavy atom. The highest BCUT2D eigenvalue weighted by atomic mass is 16.3. The summed E-state index contributed by atoms with van der Waals surface area (Å²) in [5.74, 6) is 0.122. The van der Waals surface area contributed by atoms with Gasteiger partial charge in [-0.2, -0.15) is 0 Å². The molecule has 1 aromatic carbocycles. The number of piperidine rings is 1. The molecule has 1 N–H and O–H groups in total. The standard InChI is InChI=1S/C22H29N3O2/c1-24(16-17-26)20-11-8-18(9-12-20)22(27)25-15-5-3-7-21(25)13-10-19-6-2-4-14-23-19/h2,4,6,8-9,11-12,14,21,26H,3,5,7,10,13,15-17H2,1H3/t21-/m1/s1. The van der Waals surface area contributed by atoms with Crippen LogP contribution in [0.25, 0.3) is 0 Å². The predicted molar refractivity (Wildman–Crippen MR) is 108 cm³/mol. The first-order valence-electron chi connectivity index (χ1n) is 9.82. The van der Waals surface area contributed by atoms with E-state index in [4.69, 9.17) is 5.11 Å². The number of likely N-dealkylation sites (N-methyl/N-ethyl adjacent to an activating group) is 1. The second-order valence-corrected chi connectivity index (χ2v) is 7.20. The zero-order valence-corrected chi connectivity index (χ0v) is 16.1. The van der Waals surface area contributed by atoms with E-state index in [1.165, 1.54) is 6.42 Å². The third kappa shape index (κ3) is 5.07. The van der Waals surface area contributed by atoms with Crippen LogP contribution < -0.4 is 4.90 Å². The average molecular weight is 367 g/mol. The van der Waals surface area contributed by atoms with Gasteiger partial charge in [0.15, 0.2) is 0 Å². The number of pyridine rings is 1. The molecule has 5 heteroatoms. The van der Waals surface area contributed by atoms with Crippen molar-refractivity contribution in [3.63, 3.8) is 0 Å². The molecule has 1 amide bonds. The maximum atomic E-state index is 13.1. The van der Waals surface area contributed by atoms with Crippen LogP contribution in [0.4, 0.5) is 5.69 Å². The van der Waals surface area contributed by atoms with Gasteiger partial charge in [-0.25, -0.2) is 0 Å². The first kappa shape index (κ1) is 19.4. The lowest BCUT2D eigenvalue weighted by Crippen LogP contribution is -2.44. The van der Waals surface area contributed by atoms with Crippen molar-refractivity contribution in [2.24, 2.45) is 0 Å². The van der Waals surface area contributed by atoms with Gasteiger partial charge in [0, 0.05) is 49.3 Å². The summed E-state index contributed by atoms with van der Waals surface area (Å²) in [6, 6.07) is 14.0. The Morgan fingerprint density at radius 2 is 2.04 bits per heavy atom. The van der Waals surface area contributed by atoms with Gasteiger partial charge in [0.25, 0.3) is 5.91 Å². The van der Waals surface area contributed by atoms with Gasteiger partial charge in [0.05, 0.1) is 6.61 Å². The number of aliphatic hydroxyl groups excluding tert-OH is 1. The Hall–Kier alpha value is -2.40. The Bertz CT molecular complexity index is 718. The number of hydrogen-bond donors (Lipinski definition) is 1. The van der Waals surface area contributed by atoms with Gasteiger partial charge < -0.3 is 14.9 Å². The topological polar surface area (TPSA) is 56.7 Å². The van der Waals surface area contributed by atoms with E-state index in [-0.39, 0.29) is 18.6 Å². The van der Waals surface area contributed by atoms with Crippen LogP contribution in [0.2, 0.25) is 0 Å². The third-order valence-corrected chi connectivity index (χ3v) is 5.34. The minimum Gasteiger partial charge on any atom is -0.395 e. The molecule has 144 valence electrons. The Balaban J connectivity index is 1.65. The number of carbonyl (C=O) groups is 1. The quantitative estimate of drug-likeness (QED) is 0.817. The van der Waals surface area contributed by atoms with Crippen LogP contribution >= 0.6 is 0 Å². The second-order valence-electron chi connectivity index (χ2n) is 7.20. The van der Waals surface area contributed by atoms with Crippen molar-refractivity contribution in [3.8, 4) is 0 Å². The summed E-state index contributed by atoms with van der Waals surface area (Å²) in [6.07, 6.45) is 7.01. The number of aromatic nitrogens is 1. The molecule has 1 aromatic heterocycles. The van der Waals surface area contributed by atoms with Crippen LogP contribution in [-0.2, 0) is 6.42 Å². The summed E-state index contributed by atoms with van der Waals surface area (Å²) < 4.78 is 0. The number of carbonyl (C=O) groups excluding carboxylic acids is 1. The van der Waals surface area contributed by atoms with Crippen molar-refractivity contribution in [1.29, 1.82) is 0 Å². The zero-order chi connectivity index (χ0) is 19.1. The molecule has 3 rings (SSSR count). The first-order chi connectivity index (χ1) is 13.2.